The number of nitrogens with zero attached hydrogens (tertiary/aromatic N) is 4. The number of anilines is 1. The summed E-state index contributed by atoms with van der Waals surface area (Å²) in [6, 6.07) is 0. The van der Waals surface area contributed by atoms with Crippen molar-refractivity contribution in [2.24, 2.45) is 5.92 Å². The molecule has 1 aliphatic rings. The average molecular weight is 269 g/mol. The maximum atomic E-state index is 6.04. The molecule has 100 valence electrons. The van der Waals surface area contributed by atoms with Gasteiger partial charge in [-0.25, -0.2) is 9.97 Å². The summed E-state index contributed by atoms with van der Waals surface area (Å²) in [5.41, 5.74) is 0.967. The second-order valence-corrected chi connectivity index (χ2v) is 5.60. The van der Waals surface area contributed by atoms with E-state index in [0.717, 1.165) is 23.8 Å². The molecule has 5 heteroatoms. The minimum Gasteiger partial charge on any atom is -0.359 e. The molecule has 0 aliphatic carbocycles. The molecule has 0 aromatic carbocycles. The summed E-state index contributed by atoms with van der Waals surface area (Å²) in [6.07, 6.45) is 4.06. The Balaban J connectivity index is 1.99. The largest absolute Gasteiger partial charge is 0.359 e. The minimum absolute atomic E-state index is 0.551. The van der Waals surface area contributed by atoms with Crippen LogP contribution in [0.2, 0.25) is 5.15 Å². The highest BCUT2D eigenvalue weighted by molar-refractivity contribution is 6.30. The van der Waals surface area contributed by atoms with Crippen LogP contribution < -0.4 is 4.90 Å². The molecule has 4 nitrogen and oxygen atoms in total. The first-order valence-corrected chi connectivity index (χ1v) is 6.82. The first-order valence-electron chi connectivity index (χ1n) is 6.44. The van der Waals surface area contributed by atoms with Crippen LogP contribution in [0.4, 0.5) is 5.82 Å². The number of likely N-dealkylation sites (tertiary alicyclic amines) is 1. The van der Waals surface area contributed by atoms with Gasteiger partial charge in [0, 0.05) is 19.2 Å². The van der Waals surface area contributed by atoms with Crippen LogP contribution in [0, 0.1) is 12.8 Å². The molecule has 18 heavy (non-hydrogen) atoms. The third-order valence-electron chi connectivity index (χ3n) is 3.73. The molecule has 1 fully saturated rings. The van der Waals surface area contributed by atoms with Gasteiger partial charge in [0.1, 0.15) is 17.3 Å². The molecule has 0 saturated carbocycles. The molecular formula is C13H21ClN4. The van der Waals surface area contributed by atoms with Crippen molar-refractivity contribution in [3.8, 4) is 0 Å². The van der Waals surface area contributed by atoms with Crippen LogP contribution in [0.15, 0.2) is 6.33 Å². The van der Waals surface area contributed by atoms with E-state index >= 15 is 0 Å². The van der Waals surface area contributed by atoms with Crippen molar-refractivity contribution in [3.63, 3.8) is 0 Å². The molecular weight excluding hydrogens is 248 g/mol. The standard InChI is InChI=1S/C13H21ClN4/c1-10-12(14)15-9-16-13(10)18(3)8-11-4-6-17(2)7-5-11/h9,11H,4-8H2,1-3H3. The van der Waals surface area contributed by atoms with Gasteiger partial charge in [0.15, 0.2) is 0 Å². The quantitative estimate of drug-likeness (QED) is 0.787. The Bertz CT molecular complexity index is 402. The molecule has 1 aromatic heterocycles. The van der Waals surface area contributed by atoms with Crippen molar-refractivity contribution in [1.82, 2.24) is 14.9 Å². The first-order chi connectivity index (χ1) is 8.58. The van der Waals surface area contributed by atoms with Crippen molar-refractivity contribution < 1.29 is 0 Å². The summed E-state index contributed by atoms with van der Waals surface area (Å²) in [7, 11) is 4.28. The number of piperidine rings is 1. The van der Waals surface area contributed by atoms with Crippen molar-refractivity contribution in [2.75, 3.05) is 38.6 Å². The van der Waals surface area contributed by atoms with E-state index < -0.39 is 0 Å². The van der Waals surface area contributed by atoms with Crippen LogP contribution >= 0.6 is 11.6 Å². The molecule has 1 aromatic rings. The fraction of sp³-hybridized carbons (Fsp3) is 0.692. The summed E-state index contributed by atoms with van der Waals surface area (Å²) in [5.74, 6) is 1.70. The first kappa shape index (κ1) is 13.6. The fourth-order valence-corrected chi connectivity index (χ4v) is 2.65. The van der Waals surface area contributed by atoms with Gasteiger partial charge in [0.25, 0.3) is 0 Å². The smallest absolute Gasteiger partial charge is 0.137 e. The molecule has 0 atom stereocenters. The lowest BCUT2D eigenvalue weighted by atomic mass is 9.96. The molecule has 2 rings (SSSR count). The Hall–Kier alpha value is -0.870. The van der Waals surface area contributed by atoms with E-state index in [9.17, 15) is 0 Å². The molecule has 0 spiro atoms. The van der Waals surface area contributed by atoms with Gasteiger partial charge in [-0.3, -0.25) is 0 Å². The van der Waals surface area contributed by atoms with Crippen LogP contribution in [0.5, 0.6) is 0 Å². The van der Waals surface area contributed by atoms with Crippen LogP contribution in [0.25, 0.3) is 0 Å². The second kappa shape index (κ2) is 5.85. The minimum atomic E-state index is 0.551. The summed E-state index contributed by atoms with van der Waals surface area (Å²) < 4.78 is 0. The Morgan fingerprint density at radius 3 is 2.72 bits per heavy atom. The molecule has 0 unspecified atom stereocenters. The maximum absolute atomic E-state index is 6.04. The summed E-state index contributed by atoms with van der Waals surface area (Å²) >= 11 is 6.04. The molecule has 0 bridgehead atoms. The van der Waals surface area contributed by atoms with E-state index in [-0.39, 0.29) is 0 Å². The van der Waals surface area contributed by atoms with Gasteiger partial charge in [0.05, 0.1) is 0 Å². The van der Waals surface area contributed by atoms with Gasteiger partial charge in [-0.1, -0.05) is 11.6 Å². The zero-order chi connectivity index (χ0) is 13.1. The van der Waals surface area contributed by atoms with Crippen LogP contribution in [0.3, 0.4) is 0 Å². The Morgan fingerprint density at radius 2 is 2.06 bits per heavy atom. The number of rotatable bonds is 3. The van der Waals surface area contributed by atoms with Crippen molar-refractivity contribution in [2.45, 2.75) is 19.8 Å². The third kappa shape index (κ3) is 3.12. The topological polar surface area (TPSA) is 32.3 Å². The zero-order valence-corrected chi connectivity index (χ0v) is 12.1. The van der Waals surface area contributed by atoms with Gasteiger partial charge in [-0.2, -0.15) is 0 Å². The monoisotopic (exact) mass is 268 g/mol. The van der Waals surface area contributed by atoms with E-state index in [0.29, 0.717) is 5.15 Å². The third-order valence-corrected chi connectivity index (χ3v) is 4.11. The van der Waals surface area contributed by atoms with Crippen LogP contribution in [0.1, 0.15) is 18.4 Å². The van der Waals surface area contributed by atoms with Gasteiger partial charge in [-0.05, 0) is 45.8 Å². The summed E-state index contributed by atoms with van der Waals surface area (Å²) in [4.78, 5) is 12.9. The number of hydrogen-bond acceptors (Lipinski definition) is 4. The van der Waals surface area contributed by atoms with Gasteiger partial charge >= 0.3 is 0 Å². The average Bonchev–Trinajstić information content (AvgIpc) is 2.35. The molecule has 1 saturated heterocycles. The zero-order valence-electron chi connectivity index (χ0n) is 11.4. The Kier molecular flexibility index (Phi) is 4.40. The van der Waals surface area contributed by atoms with Crippen molar-refractivity contribution >= 4 is 17.4 Å². The number of hydrogen-bond donors (Lipinski definition) is 0. The molecule has 0 N–H and O–H groups in total. The lowest BCUT2D eigenvalue weighted by Crippen LogP contribution is -2.36. The summed E-state index contributed by atoms with van der Waals surface area (Å²) in [6.45, 7) is 5.41. The Labute approximate surface area is 114 Å². The molecule has 0 radical (unpaired) electrons. The lowest BCUT2D eigenvalue weighted by molar-refractivity contribution is 0.222. The molecule has 0 amide bonds. The molecule has 1 aliphatic heterocycles. The normalized spacial score (nSPS) is 18.0. The fourth-order valence-electron chi connectivity index (χ4n) is 2.52. The lowest BCUT2D eigenvalue weighted by Gasteiger charge is -2.32. The number of halogens is 1. The predicted molar refractivity (Wildman–Crippen MR) is 75.3 cm³/mol. The van der Waals surface area contributed by atoms with Crippen molar-refractivity contribution in [3.05, 3.63) is 17.0 Å². The van der Waals surface area contributed by atoms with E-state index in [4.69, 9.17) is 11.6 Å². The van der Waals surface area contributed by atoms with E-state index in [1.807, 2.05) is 6.92 Å². The van der Waals surface area contributed by atoms with E-state index in [2.05, 4.69) is 33.9 Å². The van der Waals surface area contributed by atoms with Crippen molar-refractivity contribution in [1.29, 1.82) is 0 Å². The van der Waals surface area contributed by atoms with Crippen LogP contribution in [-0.4, -0.2) is 48.6 Å². The number of aromatic nitrogens is 2. The van der Waals surface area contributed by atoms with Gasteiger partial charge in [0.2, 0.25) is 0 Å². The summed E-state index contributed by atoms with van der Waals surface area (Å²) in [5, 5.41) is 0.551. The second-order valence-electron chi connectivity index (χ2n) is 5.24. The van der Waals surface area contributed by atoms with Gasteiger partial charge < -0.3 is 9.80 Å². The maximum Gasteiger partial charge on any atom is 0.137 e. The predicted octanol–water partition coefficient (Wildman–Crippen LogP) is 2.22. The van der Waals surface area contributed by atoms with E-state index in [1.54, 1.807) is 0 Å². The van der Waals surface area contributed by atoms with E-state index in [1.165, 1.54) is 32.3 Å². The van der Waals surface area contributed by atoms with Crippen LogP contribution in [-0.2, 0) is 0 Å². The molecule has 2 heterocycles. The highest BCUT2D eigenvalue weighted by Gasteiger charge is 2.19. The van der Waals surface area contributed by atoms with Gasteiger partial charge in [-0.15, -0.1) is 0 Å². The SMILES string of the molecule is Cc1c(Cl)ncnc1N(C)CC1CCN(C)CC1. The Morgan fingerprint density at radius 1 is 1.39 bits per heavy atom. The highest BCUT2D eigenvalue weighted by Crippen LogP contribution is 2.24. The highest BCUT2D eigenvalue weighted by atomic mass is 35.5.